The van der Waals surface area contributed by atoms with Crippen LogP contribution in [0.25, 0.3) is 0 Å². The molecule has 3 aliphatic rings. The molecule has 0 aromatic heterocycles. The standard InChI is InChI=1S/C13H12N2O2/c16-12-11-7-8-3-1-2-4-10(8)15(11)13(17)14(12)9-5-6-9/h1-4,9,11H,5-7H2. The second kappa shape index (κ2) is 2.88. The van der Waals surface area contributed by atoms with Crippen molar-refractivity contribution in [3.05, 3.63) is 29.8 Å². The molecule has 1 unspecified atom stereocenters. The Hall–Kier alpha value is -1.84. The third-order valence-electron chi connectivity index (χ3n) is 3.82. The van der Waals surface area contributed by atoms with Gasteiger partial charge in [0.25, 0.3) is 5.91 Å². The highest BCUT2D eigenvalue weighted by Crippen LogP contribution is 2.41. The van der Waals surface area contributed by atoms with Crippen molar-refractivity contribution in [1.82, 2.24) is 4.90 Å². The van der Waals surface area contributed by atoms with Crippen LogP contribution in [0.15, 0.2) is 24.3 Å². The van der Waals surface area contributed by atoms with Crippen molar-refractivity contribution < 1.29 is 9.59 Å². The molecule has 2 heterocycles. The van der Waals surface area contributed by atoms with Crippen molar-refractivity contribution in [2.45, 2.75) is 31.3 Å². The summed E-state index contributed by atoms with van der Waals surface area (Å²) in [5, 5.41) is 0. The van der Waals surface area contributed by atoms with Crippen LogP contribution in [-0.4, -0.2) is 28.9 Å². The molecule has 17 heavy (non-hydrogen) atoms. The summed E-state index contributed by atoms with van der Waals surface area (Å²) in [7, 11) is 0. The monoisotopic (exact) mass is 228 g/mol. The second-order valence-electron chi connectivity index (χ2n) is 4.94. The molecular weight excluding hydrogens is 216 g/mol. The van der Waals surface area contributed by atoms with E-state index in [2.05, 4.69) is 0 Å². The van der Waals surface area contributed by atoms with E-state index in [1.54, 1.807) is 4.90 Å². The van der Waals surface area contributed by atoms with E-state index in [1.807, 2.05) is 24.3 Å². The first-order chi connectivity index (χ1) is 8.27. The number of fused-ring (bicyclic) bond motifs is 3. The third-order valence-corrected chi connectivity index (χ3v) is 3.82. The zero-order chi connectivity index (χ0) is 11.6. The second-order valence-corrected chi connectivity index (χ2v) is 4.94. The highest BCUT2D eigenvalue weighted by molar-refractivity contribution is 6.16. The Kier molecular flexibility index (Phi) is 1.56. The highest BCUT2D eigenvalue weighted by Gasteiger charge is 2.53. The SMILES string of the molecule is O=C1C2Cc3ccccc3N2C(=O)N1C1CC1. The van der Waals surface area contributed by atoms with Crippen LogP contribution >= 0.6 is 0 Å². The molecule has 86 valence electrons. The number of anilines is 1. The van der Waals surface area contributed by atoms with Gasteiger partial charge in [-0.25, -0.2) is 4.79 Å². The number of hydrogen-bond donors (Lipinski definition) is 0. The molecule has 1 aliphatic carbocycles. The van der Waals surface area contributed by atoms with Crippen molar-refractivity contribution >= 4 is 17.6 Å². The first-order valence-corrected chi connectivity index (χ1v) is 6.01. The van der Waals surface area contributed by atoms with Crippen molar-refractivity contribution in [3.8, 4) is 0 Å². The molecule has 1 aromatic rings. The van der Waals surface area contributed by atoms with E-state index in [0.717, 1.165) is 24.1 Å². The topological polar surface area (TPSA) is 40.6 Å². The van der Waals surface area contributed by atoms with Gasteiger partial charge in [-0.1, -0.05) is 18.2 Å². The van der Waals surface area contributed by atoms with Crippen molar-refractivity contribution in [2.24, 2.45) is 0 Å². The number of para-hydroxylation sites is 1. The summed E-state index contributed by atoms with van der Waals surface area (Å²) in [5.41, 5.74) is 2.02. The minimum atomic E-state index is -0.277. The first-order valence-electron chi connectivity index (χ1n) is 6.01. The smallest absolute Gasteiger partial charge is 0.281 e. The maximum atomic E-state index is 12.3. The molecule has 2 aliphatic heterocycles. The number of carbonyl (C=O) groups is 2. The first kappa shape index (κ1) is 9.22. The van der Waals surface area contributed by atoms with Crippen LogP contribution in [0.2, 0.25) is 0 Å². The maximum absolute atomic E-state index is 12.3. The molecule has 0 radical (unpaired) electrons. The summed E-state index contributed by atoms with van der Waals surface area (Å²) >= 11 is 0. The van der Waals surface area contributed by atoms with Crippen molar-refractivity contribution in [3.63, 3.8) is 0 Å². The number of amides is 3. The lowest BCUT2D eigenvalue weighted by Crippen LogP contribution is -2.34. The molecule has 4 heteroatoms. The van der Waals surface area contributed by atoms with E-state index in [1.165, 1.54) is 4.90 Å². The third kappa shape index (κ3) is 1.07. The Labute approximate surface area is 98.8 Å². The number of carbonyl (C=O) groups excluding carboxylic acids is 2. The summed E-state index contributed by atoms with van der Waals surface area (Å²) in [5.74, 6) is -0.00583. The van der Waals surface area contributed by atoms with Crippen LogP contribution in [0, 0.1) is 0 Å². The van der Waals surface area contributed by atoms with Crippen LogP contribution in [0.4, 0.5) is 10.5 Å². The Morgan fingerprint density at radius 3 is 2.59 bits per heavy atom. The van der Waals surface area contributed by atoms with Crippen LogP contribution in [0.5, 0.6) is 0 Å². The van der Waals surface area contributed by atoms with Gasteiger partial charge in [-0.15, -0.1) is 0 Å². The van der Waals surface area contributed by atoms with Gasteiger partial charge in [0.15, 0.2) is 0 Å². The van der Waals surface area contributed by atoms with Crippen LogP contribution in [-0.2, 0) is 11.2 Å². The van der Waals surface area contributed by atoms with E-state index >= 15 is 0 Å². The molecule has 1 atom stereocenters. The largest absolute Gasteiger partial charge is 0.332 e. The highest BCUT2D eigenvalue weighted by atomic mass is 16.2. The van der Waals surface area contributed by atoms with Crippen LogP contribution < -0.4 is 4.90 Å². The summed E-state index contributed by atoms with van der Waals surface area (Å²) in [6.07, 6.45) is 2.61. The Balaban J connectivity index is 1.80. The summed E-state index contributed by atoms with van der Waals surface area (Å²) in [6, 6.07) is 7.57. The van der Waals surface area contributed by atoms with Crippen molar-refractivity contribution in [2.75, 3.05) is 4.90 Å². The molecule has 0 bridgehead atoms. The summed E-state index contributed by atoms with van der Waals surface area (Å²) in [6.45, 7) is 0. The minimum Gasteiger partial charge on any atom is -0.281 e. The fourth-order valence-corrected chi connectivity index (χ4v) is 2.86. The Morgan fingerprint density at radius 1 is 1.06 bits per heavy atom. The average Bonchev–Trinajstić information content (AvgIpc) is 3.03. The Bertz CT molecular complexity index is 536. The molecule has 2 fully saturated rings. The molecule has 1 saturated heterocycles. The Morgan fingerprint density at radius 2 is 1.82 bits per heavy atom. The predicted molar refractivity (Wildman–Crippen MR) is 61.7 cm³/mol. The summed E-state index contributed by atoms with van der Waals surface area (Å²) < 4.78 is 0. The number of nitrogens with zero attached hydrogens (tertiary/aromatic N) is 2. The number of hydrogen-bond acceptors (Lipinski definition) is 2. The normalized spacial score (nSPS) is 26.5. The number of urea groups is 1. The zero-order valence-electron chi connectivity index (χ0n) is 9.30. The molecule has 0 spiro atoms. The van der Waals surface area contributed by atoms with Gasteiger partial charge in [-0.05, 0) is 24.5 Å². The molecule has 0 N–H and O–H groups in total. The van der Waals surface area contributed by atoms with Gasteiger partial charge in [0.05, 0.1) is 0 Å². The summed E-state index contributed by atoms with van der Waals surface area (Å²) in [4.78, 5) is 27.6. The minimum absolute atomic E-state index is 0.00583. The number of imide groups is 1. The van der Waals surface area contributed by atoms with Gasteiger partial charge in [0.2, 0.25) is 0 Å². The van der Waals surface area contributed by atoms with Gasteiger partial charge in [-0.3, -0.25) is 14.6 Å². The lowest BCUT2D eigenvalue weighted by Gasteiger charge is -2.16. The van der Waals surface area contributed by atoms with Crippen LogP contribution in [0.1, 0.15) is 18.4 Å². The quantitative estimate of drug-likeness (QED) is 0.684. The molecule has 3 amide bonds. The van der Waals surface area contributed by atoms with Crippen molar-refractivity contribution in [1.29, 1.82) is 0 Å². The van der Waals surface area contributed by atoms with Gasteiger partial charge >= 0.3 is 6.03 Å². The predicted octanol–water partition coefficient (Wildman–Crippen LogP) is 1.54. The maximum Gasteiger partial charge on any atom is 0.332 e. The van der Waals surface area contributed by atoms with Gasteiger partial charge in [0, 0.05) is 18.2 Å². The van der Waals surface area contributed by atoms with Gasteiger partial charge in [0.1, 0.15) is 6.04 Å². The van der Waals surface area contributed by atoms with E-state index in [0.29, 0.717) is 6.42 Å². The van der Waals surface area contributed by atoms with E-state index in [4.69, 9.17) is 0 Å². The molecule has 4 rings (SSSR count). The molecular formula is C13H12N2O2. The zero-order valence-corrected chi connectivity index (χ0v) is 9.30. The fraction of sp³-hybridized carbons (Fsp3) is 0.385. The van der Waals surface area contributed by atoms with E-state index < -0.39 is 0 Å². The van der Waals surface area contributed by atoms with E-state index in [-0.39, 0.29) is 24.0 Å². The number of benzene rings is 1. The fourth-order valence-electron chi connectivity index (χ4n) is 2.86. The lowest BCUT2D eigenvalue weighted by molar-refractivity contribution is -0.127. The average molecular weight is 228 g/mol. The molecule has 4 nitrogen and oxygen atoms in total. The lowest BCUT2D eigenvalue weighted by atomic mass is 10.1. The van der Waals surface area contributed by atoms with E-state index in [9.17, 15) is 9.59 Å². The molecule has 1 aromatic carbocycles. The number of rotatable bonds is 1. The van der Waals surface area contributed by atoms with Crippen LogP contribution in [0.3, 0.4) is 0 Å². The van der Waals surface area contributed by atoms with Gasteiger partial charge < -0.3 is 0 Å². The molecule has 1 saturated carbocycles. The van der Waals surface area contributed by atoms with Gasteiger partial charge in [-0.2, -0.15) is 0 Å².